The fourth-order valence-electron chi connectivity index (χ4n) is 0.736. The van der Waals surface area contributed by atoms with Gasteiger partial charge in [0.15, 0.2) is 0 Å². The van der Waals surface area contributed by atoms with Gasteiger partial charge in [-0.3, -0.25) is 0 Å². The van der Waals surface area contributed by atoms with E-state index < -0.39 is 15.2 Å². The van der Waals surface area contributed by atoms with Crippen LogP contribution < -0.4 is 0 Å². The molecule has 1 fully saturated rings. The molecule has 0 saturated carbocycles. The van der Waals surface area contributed by atoms with E-state index in [1.54, 1.807) is 0 Å². The number of rotatable bonds is 0. The summed E-state index contributed by atoms with van der Waals surface area (Å²) in [6.45, 7) is 2.25. The van der Waals surface area contributed by atoms with E-state index in [0.29, 0.717) is 0 Å². The molecule has 68 valence electrons. The number of piperidine rings is 1. The van der Waals surface area contributed by atoms with Crippen molar-refractivity contribution >= 4 is 27.6 Å². The summed E-state index contributed by atoms with van der Waals surface area (Å²) in [7, 11) is 14.9. The predicted molar refractivity (Wildman–Crippen MR) is 44.5 cm³/mol. The van der Waals surface area contributed by atoms with E-state index in [0.717, 1.165) is 13.1 Å². The molecule has 0 N–H and O–H groups in total. The fraction of sp³-hybridized carbons (Fsp3) is 1.00. The molecule has 1 nitrogen and oxygen atoms in total. The maximum atomic E-state index is 4.95. The third kappa shape index (κ3) is 12.3. The van der Waals surface area contributed by atoms with Crippen LogP contribution in [0.3, 0.4) is 0 Å². The third-order valence-electron chi connectivity index (χ3n) is 1.13. The van der Waals surface area contributed by atoms with Crippen LogP contribution in [0.25, 0.3) is 5.32 Å². The van der Waals surface area contributed by atoms with E-state index in [9.17, 15) is 0 Å². The molecule has 1 aliphatic rings. The Morgan fingerprint density at radius 2 is 1.30 bits per heavy atom. The second kappa shape index (κ2) is 8.66. The molecular weight excluding hydrogens is 377 g/mol. The van der Waals surface area contributed by atoms with Crippen LogP contribution in [0.4, 0.5) is 0 Å². The number of nitrogens with zero attached hydrogens (tertiary/aromatic N) is 1. The molecule has 1 aliphatic heterocycles. The number of halogens is 3. The first-order chi connectivity index (χ1) is 4.73. The van der Waals surface area contributed by atoms with Gasteiger partial charge in [-0.1, -0.05) is 19.3 Å². The molecule has 0 aromatic rings. The van der Waals surface area contributed by atoms with Gasteiger partial charge in [-0.2, -0.15) is 0 Å². The van der Waals surface area contributed by atoms with Crippen LogP contribution in [-0.4, -0.2) is 13.1 Å². The summed E-state index contributed by atoms with van der Waals surface area (Å²) in [5.74, 6) is 0. The van der Waals surface area contributed by atoms with Crippen molar-refractivity contribution in [3.8, 4) is 0 Å². The molecule has 0 unspecified atom stereocenters. The standard InChI is InChI=1S/C5H10N.Au.3ClH/c1-2-4-6-5-3-1;;;;/h1-5H2;;3*1H/q-1;+3;;;/p-3. The molecule has 0 atom stereocenters. The van der Waals surface area contributed by atoms with Gasteiger partial charge in [-0.25, -0.2) is 0 Å². The Labute approximate surface area is 80.0 Å². The third-order valence-corrected chi connectivity index (χ3v) is 1.13. The molecule has 0 radical (unpaired) electrons. The molecular formula is C5H10AuCl3N-. The van der Waals surface area contributed by atoms with Crippen molar-refractivity contribution in [3.05, 3.63) is 5.32 Å². The van der Waals surface area contributed by atoms with Crippen LogP contribution in [0.1, 0.15) is 19.3 Å². The number of hydrogen-bond donors (Lipinski definition) is 0. The van der Waals surface area contributed by atoms with Crippen molar-refractivity contribution in [2.24, 2.45) is 0 Å². The molecule has 10 heavy (non-hydrogen) atoms. The first kappa shape index (κ1) is 11.6. The average Bonchev–Trinajstić information content (AvgIpc) is 1.90. The van der Waals surface area contributed by atoms with Crippen molar-refractivity contribution in [1.29, 1.82) is 0 Å². The fourth-order valence-corrected chi connectivity index (χ4v) is 0.736. The first-order valence-corrected chi connectivity index (χ1v) is 11.0. The van der Waals surface area contributed by atoms with E-state index in [4.69, 9.17) is 27.6 Å². The minimum absolute atomic E-state index is 1.12. The topological polar surface area (TPSA) is 14.1 Å². The first-order valence-electron chi connectivity index (χ1n) is 2.97. The van der Waals surface area contributed by atoms with E-state index in [-0.39, 0.29) is 0 Å². The van der Waals surface area contributed by atoms with Gasteiger partial charge in [0.1, 0.15) is 0 Å². The summed E-state index contributed by atoms with van der Waals surface area (Å²) in [5, 5.41) is 4.18. The Bertz CT molecular complexity index is 53.6. The van der Waals surface area contributed by atoms with Gasteiger partial charge < -0.3 is 5.32 Å². The minimum atomic E-state index is -1.79. The van der Waals surface area contributed by atoms with E-state index in [1.165, 1.54) is 19.3 Å². The molecule has 1 rings (SSSR count). The molecule has 0 bridgehead atoms. The van der Waals surface area contributed by atoms with Crippen LogP contribution in [0.15, 0.2) is 0 Å². The Hall–Kier alpha value is 1.57. The van der Waals surface area contributed by atoms with E-state index >= 15 is 0 Å². The Morgan fingerprint density at radius 3 is 1.40 bits per heavy atom. The molecule has 5 heteroatoms. The van der Waals surface area contributed by atoms with Crippen LogP contribution in [0.2, 0.25) is 0 Å². The zero-order chi connectivity index (χ0) is 7.82. The molecule has 0 aromatic heterocycles. The normalized spacial score (nSPS) is 18.9. The van der Waals surface area contributed by atoms with Gasteiger partial charge >= 0.3 is 42.8 Å². The molecule has 0 aromatic carbocycles. The maximum absolute atomic E-state index is 4.95. The van der Waals surface area contributed by atoms with Crippen LogP contribution >= 0.6 is 27.6 Å². The molecule has 0 amide bonds. The Kier molecular flexibility index (Phi) is 10.0. The summed E-state index contributed by atoms with van der Waals surface area (Å²) in [4.78, 5) is 0. The quantitative estimate of drug-likeness (QED) is 0.564. The number of hydrogen-bond acceptors (Lipinski definition) is 0. The zero-order valence-electron chi connectivity index (χ0n) is 5.42. The predicted octanol–water partition coefficient (Wildman–Crippen LogP) is 3.61. The summed E-state index contributed by atoms with van der Waals surface area (Å²) in [6, 6.07) is 0. The zero-order valence-corrected chi connectivity index (χ0v) is 9.85. The summed E-state index contributed by atoms with van der Waals surface area (Å²) < 4.78 is 0. The van der Waals surface area contributed by atoms with Gasteiger partial charge in [-0.15, -0.1) is 13.1 Å². The molecule has 0 aliphatic carbocycles. The van der Waals surface area contributed by atoms with Crippen molar-refractivity contribution in [1.82, 2.24) is 0 Å². The SMILES string of the molecule is C1CC[N-]CC1.[Cl][Au]([Cl])[Cl]. The average molecular weight is 387 g/mol. The molecule has 1 saturated heterocycles. The monoisotopic (exact) mass is 386 g/mol. The van der Waals surface area contributed by atoms with Crippen molar-refractivity contribution in [3.63, 3.8) is 0 Å². The van der Waals surface area contributed by atoms with Crippen LogP contribution in [-0.2, 0) is 15.2 Å². The molecule has 1 heterocycles. The van der Waals surface area contributed by atoms with Gasteiger partial charge in [0, 0.05) is 0 Å². The summed E-state index contributed by atoms with van der Waals surface area (Å²) >= 11 is -1.79. The van der Waals surface area contributed by atoms with E-state index in [2.05, 4.69) is 5.32 Å². The van der Waals surface area contributed by atoms with Crippen LogP contribution in [0.5, 0.6) is 0 Å². The van der Waals surface area contributed by atoms with Gasteiger partial charge in [0.25, 0.3) is 0 Å². The van der Waals surface area contributed by atoms with E-state index in [1.807, 2.05) is 0 Å². The van der Waals surface area contributed by atoms with Crippen molar-refractivity contribution < 1.29 is 15.2 Å². The second-order valence-corrected chi connectivity index (χ2v) is 11.3. The van der Waals surface area contributed by atoms with Gasteiger partial charge in [-0.05, 0) is 0 Å². The second-order valence-electron chi connectivity index (χ2n) is 1.86. The van der Waals surface area contributed by atoms with Gasteiger partial charge in [0.2, 0.25) is 0 Å². The van der Waals surface area contributed by atoms with Gasteiger partial charge in [0.05, 0.1) is 0 Å². The molecule has 0 spiro atoms. The summed E-state index contributed by atoms with van der Waals surface area (Å²) in [5.41, 5.74) is 0. The summed E-state index contributed by atoms with van der Waals surface area (Å²) in [6.07, 6.45) is 4.07. The Balaban J connectivity index is 0.000000180. The van der Waals surface area contributed by atoms with Crippen LogP contribution in [0, 0.1) is 0 Å². The van der Waals surface area contributed by atoms with Crippen molar-refractivity contribution in [2.45, 2.75) is 19.3 Å². The van der Waals surface area contributed by atoms with Crippen molar-refractivity contribution in [2.75, 3.05) is 13.1 Å². The Morgan fingerprint density at radius 1 is 0.900 bits per heavy atom.